The van der Waals surface area contributed by atoms with Gasteiger partial charge >= 0.3 is 0 Å². The van der Waals surface area contributed by atoms with E-state index in [1.165, 1.54) is 11.5 Å². The van der Waals surface area contributed by atoms with Crippen LogP contribution < -0.4 is 5.32 Å². The van der Waals surface area contributed by atoms with Crippen LogP contribution in [0.15, 0.2) is 24.0 Å². The van der Waals surface area contributed by atoms with E-state index in [-0.39, 0.29) is 0 Å². The first-order valence-electron chi connectivity index (χ1n) is 3.56. The molecule has 0 bridgehead atoms. The van der Waals surface area contributed by atoms with E-state index in [2.05, 4.69) is 19.7 Å². The lowest BCUT2D eigenvalue weighted by atomic mass is 10.5. The Kier molecular flexibility index (Phi) is 2.04. The Labute approximate surface area is 73.8 Å². The quantitative estimate of drug-likeness (QED) is 0.752. The van der Waals surface area contributed by atoms with E-state index in [4.69, 9.17) is 0 Å². The van der Waals surface area contributed by atoms with Gasteiger partial charge in [0.15, 0.2) is 0 Å². The minimum atomic E-state index is 0.714. The smallest absolute Gasteiger partial charge is 0.125 e. The van der Waals surface area contributed by atoms with Gasteiger partial charge in [-0.3, -0.25) is 0 Å². The molecule has 2 rings (SSSR count). The fraction of sp³-hybridized carbons (Fsp3) is 0.143. The Morgan fingerprint density at radius 2 is 2.58 bits per heavy atom. The van der Waals surface area contributed by atoms with Gasteiger partial charge in [0.2, 0.25) is 0 Å². The van der Waals surface area contributed by atoms with E-state index in [0.29, 0.717) is 6.54 Å². The van der Waals surface area contributed by atoms with Crippen molar-refractivity contribution < 1.29 is 0 Å². The highest BCUT2D eigenvalue weighted by Gasteiger charge is 1.94. The summed E-state index contributed by atoms with van der Waals surface area (Å²) in [5.41, 5.74) is 1.04. The summed E-state index contributed by atoms with van der Waals surface area (Å²) >= 11 is 1.43. The van der Waals surface area contributed by atoms with E-state index in [1.807, 2.05) is 11.6 Å². The van der Waals surface area contributed by atoms with Crippen LogP contribution in [0.3, 0.4) is 0 Å². The summed E-state index contributed by atoms with van der Waals surface area (Å²) in [5, 5.41) is 5.14. The number of anilines is 1. The summed E-state index contributed by atoms with van der Waals surface area (Å²) < 4.78 is 3.97. The number of imidazole rings is 1. The summed E-state index contributed by atoms with van der Waals surface area (Å²) in [4.78, 5) is 7.09. The monoisotopic (exact) mass is 180 g/mol. The van der Waals surface area contributed by atoms with Crippen molar-refractivity contribution in [3.05, 3.63) is 29.8 Å². The van der Waals surface area contributed by atoms with Crippen molar-refractivity contribution in [2.75, 3.05) is 5.32 Å². The molecular weight excluding hydrogens is 172 g/mol. The third-order valence-electron chi connectivity index (χ3n) is 1.45. The largest absolute Gasteiger partial charge is 0.376 e. The van der Waals surface area contributed by atoms with Gasteiger partial charge in [-0.05, 0) is 11.5 Å². The SMILES string of the molecule is c1c[nH]c(CNc2cnsc2)n1. The number of aromatic amines is 1. The molecule has 0 aromatic carbocycles. The Morgan fingerprint density at radius 3 is 3.25 bits per heavy atom. The van der Waals surface area contributed by atoms with Gasteiger partial charge in [-0.15, -0.1) is 0 Å². The summed E-state index contributed by atoms with van der Waals surface area (Å²) in [6.45, 7) is 0.714. The fourth-order valence-electron chi connectivity index (χ4n) is 0.873. The maximum Gasteiger partial charge on any atom is 0.125 e. The predicted molar refractivity (Wildman–Crippen MR) is 48.0 cm³/mol. The molecule has 0 amide bonds. The summed E-state index contributed by atoms with van der Waals surface area (Å²) in [6, 6.07) is 0. The van der Waals surface area contributed by atoms with Gasteiger partial charge in [-0.2, -0.15) is 4.37 Å². The molecule has 0 fully saturated rings. The number of rotatable bonds is 3. The molecule has 0 radical (unpaired) electrons. The van der Waals surface area contributed by atoms with Crippen LogP contribution in [-0.4, -0.2) is 14.3 Å². The predicted octanol–water partition coefficient (Wildman–Crippen LogP) is 1.48. The number of nitrogens with one attached hydrogen (secondary N) is 2. The topological polar surface area (TPSA) is 53.6 Å². The van der Waals surface area contributed by atoms with E-state index in [0.717, 1.165) is 11.5 Å². The maximum absolute atomic E-state index is 4.08. The third kappa shape index (κ3) is 1.62. The Hall–Kier alpha value is -1.36. The zero-order valence-electron chi connectivity index (χ0n) is 6.32. The number of hydrogen-bond donors (Lipinski definition) is 2. The number of H-pyrrole nitrogens is 1. The molecule has 0 spiro atoms. The second-order valence-electron chi connectivity index (χ2n) is 2.30. The van der Waals surface area contributed by atoms with Crippen molar-refractivity contribution in [3.63, 3.8) is 0 Å². The van der Waals surface area contributed by atoms with Crippen molar-refractivity contribution in [1.82, 2.24) is 14.3 Å². The number of nitrogens with zero attached hydrogens (tertiary/aromatic N) is 2. The van der Waals surface area contributed by atoms with Crippen LogP contribution in [0.2, 0.25) is 0 Å². The fourth-order valence-corrected chi connectivity index (χ4v) is 1.37. The molecule has 0 unspecified atom stereocenters. The third-order valence-corrected chi connectivity index (χ3v) is 2.03. The molecule has 0 aliphatic carbocycles. The standard InChI is InChI=1S/C7H8N4S/c1-2-9-7(8-1)4-10-6-3-11-12-5-6/h1-3,5,10H,4H2,(H,8,9). The second-order valence-corrected chi connectivity index (χ2v) is 2.96. The molecule has 5 heteroatoms. The lowest BCUT2D eigenvalue weighted by Gasteiger charge is -1.98. The molecule has 62 valence electrons. The first kappa shape index (κ1) is 7.30. The van der Waals surface area contributed by atoms with Crippen LogP contribution in [0.4, 0.5) is 5.69 Å². The van der Waals surface area contributed by atoms with Gasteiger partial charge in [0.05, 0.1) is 18.4 Å². The maximum atomic E-state index is 4.08. The molecule has 12 heavy (non-hydrogen) atoms. The van der Waals surface area contributed by atoms with Gasteiger partial charge in [0, 0.05) is 17.8 Å². The lowest BCUT2D eigenvalue weighted by Crippen LogP contribution is -1.99. The Morgan fingerprint density at radius 1 is 1.58 bits per heavy atom. The normalized spacial score (nSPS) is 10.0. The molecule has 0 saturated heterocycles. The molecule has 2 aromatic rings. The summed E-state index contributed by atoms with van der Waals surface area (Å²) in [6.07, 6.45) is 5.35. The average Bonchev–Trinajstić information content (AvgIpc) is 2.74. The van der Waals surface area contributed by atoms with Crippen LogP contribution in [0, 0.1) is 0 Å². The minimum absolute atomic E-state index is 0.714. The van der Waals surface area contributed by atoms with E-state index < -0.39 is 0 Å². The summed E-state index contributed by atoms with van der Waals surface area (Å²) in [7, 11) is 0. The van der Waals surface area contributed by atoms with E-state index in [9.17, 15) is 0 Å². The molecule has 2 aromatic heterocycles. The molecule has 0 aliphatic heterocycles. The second kappa shape index (κ2) is 3.36. The molecule has 0 atom stereocenters. The highest BCUT2D eigenvalue weighted by molar-refractivity contribution is 7.04. The number of aromatic nitrogens is 3. The zero-order valence-corrected chi connectivity index (χ0v) is 7.14. The first-order chi connectivity index (χ1) is 5.95. The Bertz CT molecular complexity index is 279. The van der Waals surface area contributed by atoms with Crippen molar-refractivity contribution in [3.8, 4) is 0 Å². The number of hydrogen-bond acceptors (Lipinski definition) is 4. The molecular formula is C7H8N4S. The molecule has 2 N–H and O–H groups in total. The average molecular weight is 180 g/mol. The lowest BCUT2D eigenvalue weighted by molar-refractivity contribution is 1.00. The van der Waals surface area contributed by atoms with Gasteiger partial charge in [0.25, 0.3) is 0 Å². The van der Waals surface area contributed by atoms with Crippen LogP contribution in [0.1, 0.15) is 5.82 Å². The molecule has 4 nitrogen and oxygen atoms in total. The van der Waals surface area contributed by atoms with Crippen LogP contribution in [0.5, 0.6) is 0 Å². The summed E-state index contributed by atoms with van der Waals surface area (Å²) in [5.74, 6) is 0.932. The van der Waals surface area contributed by atoms with Crippen molar-refractivity contribution in [1.29, 1.82) is 0 Å². The van der Waals surface area contributed by atoms with Crippen molar-refractivity contribution in [2.45, 2.75) is 6.54 Å². The minimum Gasteiger partial charge on any atom is -0.376 e. The van der Waals surface area contributed by atoms with Crippen molar-refractivity contribution in [2.24, 2.45) is 0 Å². The highest BCUT2D eigenvalue weighted by Crippen LogP contribution is 2.08. The van der Waals surface area contributed by atoms with Crippen LogP contribution in [-0.2, 0) is 6.54 Å². The molecule has 0 saturated carbocycles. The van der Waals surface area contributed by atoms with E-state index in [1.54, 1.807) is 12.4 Å². The Balaban J connectivity index is 1.91. The van der Waals surface area contributed by atoms with Gasteiger partial charge in [0.1, 0.15) is 5.82 Å². The van der Waals surface area contributed by atoms with Crippen LogP contribution in [0.25, 0.3) is 0 Å². The van der Waals surface area contributed by atoms with Gasteiger partial charge in [-0.1, -0.05) is 0 Å². The molecule has 2 heterocycles. The zero-order chi connectivity index (χ0) is 8.23. The van der Waals surface area contributed by atoms with Gasteiger partial charge in [-0.25, -0.2) is 4.98 Å². The van der Waals surface area contributed by atoms with E-state index >= 15 is 0 Å². The van der Waals surface area contributed by atoms with Gasteiger partial charge < -0.3 is 10.3 Å². The van der Waals surface area contributed by atoms with Crippen molar-refractivity contribution >= 4 is 17.2 Å². The van der Waals surface area contributed by atoms with Crippen LogP contribution >= 0.6 is 11.5 Å². The highest BCUT2D eigenvalue weighted by atomic mass is 32.1. The first-order valence-corrected chi connectivity index (χ1v) is 4.40. The molecule has 0 aliphatic rings.